The normalized spacial score (nSPS) is 14.2. The van der Waals surface area contributed by atoms with Gasteiger partial charge in [-0.25, -0.2) is 4.39 Å². The second-order valence-corrected chi connectivity index (χ2v) is 6.96. The van der Waals surface area contributed by atoms with Crippen molar-refractivity contribution in [2.75, 3.05) is 0 Å². The number of halogens is 1. The van der Waals surface area contributed by atoms with Crippen LogP contribution in [-0.2, 0) is 0 Å². The summed E-state index contributed by atoms with van der Waals surface area (Å²) < 4.78 is 20.8. The molecule has 1 aromatic heterocycles. The number of nitrogens with zero attached hydrogens (tertiary/aromatic N) is 3. The van der Waals surface area contributed by atoms with E-state index in [0.29, 0.717) is 11.1 Å². The van der Waals surface area contributed by atoms with Crippen LogP contribution in [0.15, 0.2) is 77.6 Å². The molecular weight excluding hydrogens is 397 g/mol. The SMILES string of the molecule is N#Cc1ccccc1-n1nc2c(c(-c3ccccc3)c1=O)C(O)Oc1ccc(F)cc1-2. The van der Waals surface area contributed by atoms with E-state index >= 15 is 0 Å². The van der Waals surface area contributed by atoms with Crippen LogP contribution >= 0.6 is 0 Å². The molecule has 4 aromatic rings. The molecule has 0 radical (unpaired) electrons. The van der Waals surface area contributed by atoms with Gasteiger partial charge in [-0.1, -0.05) is 42.5 Å². The first kappa shape index (κ1) is 18.7. The van der Waals surface area contributed by atoms with Crippen molar-refractivity contribution in [3.05, 3.63) is 100 Å². The van der Waals surface area contributed by atoms with Gasteiger partial charge in [-0.3, -0.25) is 4.79 Å². The minimum atomic E-state index is -1.47. The third-order valence-electron chi connectivity index (χ3n) is 5.13. The molecule has 1 N–H and O–H groups in total. The predicted molar refractivity (Wildman–Crippen MR) is 111 cm³/mol. The Bertz CT molecular complexity index is 1420. The van der Waals surface area contributed by atoms with Gasteiger partial charge >= 0.3 is 0 Å². The Morgan fingerprint density at radius 2 is 1.81 bits per heavy atom. The zero-order chi connectivity index (χ0) is 21.5. The van der Waals surface area contributed by atoms with Crippen LogP contribution in [0, 0.1) is 17.1 Å². The van der Waals surface area contributed by atoms with Gasteiger partial charge in [0.05, 0.1) is 22.4 Å². The molecule has 0 saturated carbocycles. The van der Waals surface area contributed by atoms with E-state index in [-0.39, 0.29) is 33.8 Å². The maximum atomic E-state index is 14.1. The average Bonchev–Trinajstić information content (AvgIpc) is 2.80. The molecule has 0 bridgehead atoms. The van der Waals surface area contributed by atoms with Crippen molar-refractivity contribution in [2.24, 2.45) is 0 Å². The summed E-state index contributed by atoms with van der Waals surface area (Å²) in [7, 11) is 0. The highest BCUT2D eigenvalue weighted by Gasteiger charge is 2.32. The molecule has 150 valence electrons. The van der Waals surface area contributed by atoms with Gasteiger partial charge in [0, 0.05) is 5.56 Å². The Morgan fingerprint density at radius 3 is 2.58 bits per heavy atom. The van der Waals surface area contributed by atoms with Gasteiger partial charge < -0.3 is 9.84 Å². The van der Waals surface area contributed by atoms with E-state index in [9.17, 15) is 19.6 Å². The summed E-state index contributed by atoms with van der Waals surface area (Å²) in [6.45, 7) is 0. The Hall–Kier alpha value is -4.28. The maximum absolute atomic E-state index is 14.1. The number of fused-ring (bicyclic) bond motifs is 3. The highest BCUT2D eigenvalue weighted by atomic mass is 19.1. The number of ether oxygens (including phenoxy) is 1. The number of aliphatic hydroxyl groups excluding tert-OH is 1. The van der Waals surface area contributed by atoms with Crippen LogP contribution in [-0.4, -0.2) is 14.9 Å². The Morgan fingerprint density at radius 1 is 1.06 bits per heavy atom. The van der Waals surface area contributed by atoms with Crippen molar-refractivity contribution in [1.82, 2.24) is 9.78 Å². The van der Waals surface area contributed by atoms with Crippen LogP contribution in [0.5, 0.6) is 5.75 Å². The molecule has 7 heteroatoms. The van der Waals surface area contributed by atoms with Crippen LogP contribution in [0.3, 0.4) is 0 Å². The zero-order valence-electron chi connectivity index (χ0n) is 16.0. The molecule has 5 rings (SSSR count). The molecule has 1 unspecified atom stereocenters. The Kier molecular flexibility index (Phi) is 4.35. The first-order valence-corrected chi connectivity index (χ1v) is 9.45. The van der Waals surface area contributed by atoms with Crippen molar-refractivity contribution in [3.63, 3.8) is 0 Å². The fourth-order valence-electron chi connectivity index (χ4n) is 3.75. The lowest BCUT2D eigenvalue weighted by Gasteiger charge is -2.27. The molecule has 1 aliphatic heterocycles. The molecular formula is C24H14FN3O3. The summed E-state index contributed by atoms with van der Waals surface area (Å²) >= 11 is 0. The quantitative estimate of drug-likeness (QED) is 0.539. The number of hydrogen-bond donors (Lipinski definition) is 1. The summed E-state index contributed by atoms with van der Waals surface area (Å²) in [5.41, 5.74) is 1.38. The van der Waals surface area contributed by atoms with Crippen molar-refractivity contribution < 1.29 is 14.2 Å². The third kappa shape index (κ3) is 2.98. The number of aliphatic hydroxyl groups is 1. The molecule has 1 aliphatic rings. The second-order valence-electron chi connectivity index (χ2n) is 6.96. The van der Waals surface area contributed by atoms with Crippen molar-refractivity contribution in [1.29, 1.82) is 5.26 Å². The molecule has 0 amide bonds. The van der Waals surface area contributed by atoms with Crippen LogP contribution in [0.4, 0.5) is 4.39 Å². The Balaban J connectivity index is 1.94. The van der Waals surface area contributed by atoms with Crippen LogP contribution in [0.1, 0.15) is 17.4 Å². The Labute approximate surface area is 176 Å². The fourth-order valence-corrected chi connectivity index (χ4v) is 3.75. The lowest BCUT2D eigenvalue weighted by Crippen LogP contribution is -2.29. The first-order chi connectivity index (χ1) is 15.1. The number of para-hydroxylation sites is 1. The van der Waals surface area contributed by atoms with E-state index in [1.54, 1.807) is 54.6 Å². The second kappa shape index (κ2) is 7.20. The van der Waals surface area contributed by atoms with E-state index in [2.05, 4.69) is 11.2 Å². The monoisotopic (exact) mass is 411 g/mol. The molecule has 6 nitrogen and oxygen atoms in total. The first-order valence-electron chi connectivity index (χ1n) is 9.45. The van der Waals surface area contributed by atoms with Crippen LogP contribution < -0.4 is 10.3 Å². The van der Waals surface area contributed by atoms with Gasteiger partial charge in [-0.2, -0.15) is 15.0 Å². The summed E-state index contributed by atoms with van der Waals surface area (Å²) in [5, 5.41) is 24.7. The van der Waals surface area contributed by atoms with Crippen molar-refractivity contribution >= 4 is 0 Å². The number of hydrogen-bond acceptors (Lipinski definition) is 5. The predicted octanol–water partition coefficient (Wildman–Crippen LogP) is 3.96. The van der Waals surface area contributed by atoms with Crippen LogP contribution in [0.25, 0.3) is 28.1 Å². The highest BCUT2D eigenvalue weighted by Crippen LogP contribution is 2.43. The molecule has 0 spiro atoms. The minimum Gasteiger partial charge on any atom is -0.460 e. The van der Waals surface area contributed by atoms with Crippen LogP contribution in [0.2, 0.25) is 0 Å². The van der Waals surface area contributed by atoms with Gasteiger partial charge in [0.15, 0.2) is 0 Å². The number of rotatable bonds is 2. The van der Waals surface area contributed by atoms with E-state index in [4.69, 9.17) is 4.74 Å². The molecule has 0 fully saturated rings. The van der Waals surface area contributed by atoms with E-state index in [1.807, 2.05) is 0 Å². The molecule has 31 heavy (non-hydrogen) atoms. The third-order valence-corrected chi connectivity index (χ3v) is 5.13. The van der Waals surface area contributed by atoms with Gasteiger partial charge in [-0.15, -0.1) is 0 Å². The molecule has 2 heterocycles. The number of aromatic nitrogens is 2. The zero-order valence-corrected chi connectivity index (χ0v) is 16.0. The van der Waals surface area contributed by atoms with E-state index < -0.39 is 17.7 Å². The fraction of sp³-hybridized carbons (Fsp3) is 0.0417. The summed E-state index contributed by atoms with van der Waals surface area (Å²) in [6, 6.07) is 21.3. The smallest absolute Gasteiger partial charge is 0.279 e. The summed E-state index contributed by atoms with van der Waals surface area (Å²) in [5.74, 6) is -0.269. The van der Waals surface area contributed by atoms with Gasteiger partial charge in [0.25, 0.3) is 5.56 Å². The summed E-state index contributed by atoms with van der Waals surface area (Å²) in [4.78, 5) is 13.6. The van der Waals surface area contributed by atoms with Crippen molar-refractivity contribution in [3.8, 4) is 39.9 Å². The molecule has 0 saturated heterocycles. The summed E-state index contributed by atoms with van der Waals surface area (Å²) in [6.07, 6.45) is -1.47. The van der Waals surface area contributed by atoms with Gasteiger partial charge in [0.2, 0.25) is 6.29 Å². The highest BCUT2D eigenvalue weighted by molar-refractivity contribution is 5.80. The number of benzene rings is 3. The lowest BCUT2D eigenvalue weighted by atomic mass is 9.94. The van der Waals surface area contributed by atoms with Gasteiger partial charge in [-0.05, 0) is 35.9 Å². The topological polar surface area (TPSA) is 88.1 Å². The van der Waals surface area contributed by atoms with Crippen molar-refractivity contribution in [2.45, 2.75) is 6.29 Å². The lowest BCUT2D eigenvalue weighted by molar-refractivity contribution is -0.0215. The average molecular weight is 411 g/mol. The minimum absolute atomic E-state index is 0.153. The van der Waals surface area contributed by atoms with E-state index in [0.717, 1.165) is 4.68 Å². The number of nitriles is 1. The van der Waals surface area contributed by atoms with Gasteiger partial charge in [0.1, 0.15) is 23.3 Å². The largest absolute Gasteiger partial charge is 0.460 e. The molecule has 0 aliphatic carbocycles. The molecule has 1 atom stereocenters. The standard InChI is InChI=1S/C24H14FN3O3/c25-16-10-11-19-17(12-16)22-21(24(30)31-19)20(14-6-2-1-3-7-14)23(29)28(27-22)18-9-5-4-8-15(18)13-26/h1-12,24,30H. The molecule has 3 aromatic carbocycles. The van der Waals surface area contributed by atoms with E-state index in [1.165, 1.54) is 18.2 Å². The maximum Gasteiger partial charge on any atom is 0.279 e.